The zero-order chi connectivity index (χ0) is 11.9. The molecule has 0 saturated heterocycles. The van der Waals surface area contributed by atoms with E-state index in [1.807, 2.05) is 18.2 Å². The summed E-state index contributed by atoms with van der Waals surface area (Å²) in [5, 5.41) is 19.8. The average molecular weight is 273 g/mol. The lowest BCUT2D eigenvalue weighted by Crippen LogP contribution is -2.20. The summed E-state index contributed by atoms with van der Waals surface area (Å²) in [7, 11) is 0. The summed E-state index contributed by atoms with van der Waals surface area (Å²) in [4.78, 5) is 0. The molecule has 0 aromatic heterocycles. The van der Waals surface area contributed by atoms with E-state index >= 15 is 0 Å². The molecule has 0 spiro atoms. The first-order valence-electron chi connectivity index (χ1n) is 4.87. The highest BCUT2D eigenvalue weighted by Crippen LogP contribution is 2.31. The lowest BCUT2D eigenvalue weighted by molar-refractivity contribution is 0.0713. The summed E-state index contributed by atoms with van der Waals surface area (Å²) in [5.74, 6) is 0. The molecule has 0 aliphatic carbocycles. The largest absolute Gasteiger partial charge is 0.386 e. The number of benzene rings is 1. The van der Waals surface area contributed by atoms with Crippen LogP contribution in [0.2, 0.25) is 0 Å². The van der Waals surface area contributed by atoms with Gasteiger partial charge in [-0.1, -0.05) is 22.0 Å². The van der Waals surface area contributed by atoms with Crippen molar-refractivity contribution in [3.8, 4) is 0 Å². The van der Waals surface area contributed by atoms with Gasteiger partial charge in [-0.15, -0.1) is 0 Å². The third kappa shape index (κ3) is 3.03. The highest BCUT2D eigenvalue weighted by molar-refractivity contribution is 9.10. The van der Waals surface area contributed by atoms with Crippen LogP contribution in [-0.2, 0) is 11.2 Å². The van der Waals surface area contributed by atoms with Gasteiger partial charge in [-0.25, -0.2) is 0 Å². The Morgan fingerprint density at radius 2 is 1.53 bits per heavy atom. The molecule has 0 aliphatic heterocycles. The number of hydrogen-bond donors (Lipinski definition) is 2. The molecule has 2 nitrogen and oxygen atoms in total. The molecule has 0 radical (unpaired) electrons. The monoisotopic (exact) mass is 272 g/mol. The van der Waals surface area contributed by atoms with Crippen LogP contribution in [0.1, 0.15) is 38.8 Å². The molecule has 0 atom stereocenters. The zero-order valence-electron chi connectivity index (χ0n) is 9.50. The Kier molecular flexibility index (Phi) is 3.29. The van der Waals surface area contributed by atoms with Gasteiger partial charge < -0.3 is 10.2 Å². The molecule has 0 unspecified atom stereocenters. The third-order valence-corrected chi connectivity index (χ3v) is 3.02. The molecule has 0 fully saturated rings. The minimum atomic E-state index is -0.917. The van der Waals surface area contributed by atoms with Gasteiger partial charge in [0.05, 0.1) is 11.2 Å². The van der Waals surface area contributed by atoms with Crippen LogP contribution >= 0.6 is 15.9 Å². The molecular weight excluding hydrogens is 256 g/mol. The van der Waals surface area contributed by atoms with Crippen LogP contribution in [0, 0.1) is 0 Å². The summed E-state index contributed by atoms with van der Waals surface area (Å²) in [6.07, 6.45) is 0. The molecule has 0 aliphatic rings. The van der Waals surface area contributed by atoms with Crippen LogP contribution in [-0.4, -0.2) is 10.2 Å². The lowest BCUT2D eigenvalue weighted by Gasteiger charge is -2.24. The second-order valence-electron chi connectivity index (χ2n) is 4.81. The molecule has 0 amide bonds. The van der Waals surface area contributed by atoms with E-state index in [1.165, 1.54) is 0 Å². The first kappa shape index (κ1) is 12.7. The first-order chi connectivity index (χ1) is 6.62. The predicted molar refractivity (Wildman–Crippen MR) is 64.6 cm³/mol. The fourth-order valence-corrected chi connectivity index (χ4v) is 2.11. The van der Waals surface area contributed by atoms with Crippen LogP contribution in [0.4, 0.5) is 0 Å². The van der Waals surface area contributed by atoms with E-state index in [-0.39, 0.29) is 0 Å². The molecule has 0 bridgehead atoms. The standard InChI is InChI=1S/C12H17BrO2/c1-11(2,14)8-5-6-10(13)9(7-8)12(3,4)15/h5-7,14-15H,1-4H3. The molecule has 0 saturated carbocycles. The SMILES string of the molecule is CC(C)(O)c1ccc(Br)c(C(C)(C)O)c1. The average Bonchev–Trinajstić information content (AvgIpc) is 2.00. The van der Waals surface area contributed by atoms with E-state index < -0.39 is 11.2 Å². The minimum absolute atomic E-state index is 0.780. The molecule has 2 N–H and O–H groups in total. The first-order valence-corrected chi connectivity index (χ1v) is 5.67. The van der Waals surface area contributed by atoms with Crippen molar-refractivity contribution in [2.24, 2.45) is 0 Å². The molecule has 15 heavy (non-hydrogen) atoms. The van der Waals surface area contributed by atoms with Gasteiger partial charge in [0.25, 0.3) is 0 Å². The van der Waals surface area contributed by atoms with Gasteiger partial charge in [-0.3, -0.25) is 0 Å². The van der Waals surface area contributed by atoms with Crippen molar-refractivity contribution >= 4 is 15.9 Å². The Hall–Kier alpha value is -0.380. The van der Waals surface area contributed by atoms with Gasteiger partial charge in [0.15, 0.2) is 0 Å². The highest BCUT2D eigenvalue weighted by atomic mass is 79.9. The summed E-state index contributed by atoms with van der Waals surface area (Å²) in [5.41, 5.74) is -0.231. The Balaban J connectivity index is 3.30. The van der Waals surface area contributed by atoms with Crippen molar-refractivity contribution in [1.29, 1.82) is 0 Å². The summed E-state index contributed by atoms with van der Waals surface area (Å²) < 4.78 is 0.850. The highest BCUT2D eigenvalue weighted by Gasteiger charge is 2.23. The lowest BCUT2D eigenvalue weighted by atomic mass is 9.91. The summed E-state index contributed by atoms with van der Waals surface area (Å²) >= 11 is 3.39. The van der Waals surface area contributed by atoms with Crippen molar-refractivity contribution in [3.05, 3.63) is 33.8 Å². The van der Waals surface area contributed by atoms with E-state index in [0.717, 1.165) is 15.6 Å². The van der Waals surface area contributed by atoms with Crippen molar-refractivity contribution in [2.45, 2.75) is 38.9 Å². The molecule has 1 rings (SSSR count). The smallest absolute Gasteiger partial charge is 0.0851 e. The molecule has 1 aromatic rings. The Morgan fingerprint density at radius 3 is 1.93 bits per heavy atom. The number of hydrogen-bond acceptors (Lipinski definition) is 2. The maximum atomic E-state index is 9.95. The van der Waals surface area contributed by atoms with Crippen LogP contribution < -0.4 is 0 Å². The molecule has 3 heteroatoms. The summed E-state index contributed by atoms with van der Waals surface area (Å²) in [6, 6.07) is 5.52. The second-order valence-corrected chi connectivity index (χ2v) is 5.67. The molecule has 1 aromatic carbocycles. The Labute approximate surface area is 99.1 Å². The van der Waals surface area contributed by atoms with Gasteiger partial charge in [-0.2, -0.15) is 0 Å². The minimum Gasteiger partial charge on any atom is -0.386 e. The van der Waals surface area contributed by atoms with E-state index in [1.54, 1.807) is 27.7 Å². The quantitative estimate of drug-likeness (QED) is 0.869. The van der Waals surface area contributed by atoms with Gasteiger partial charge in [0, 0.05) is 4.47 Å². The van der Waals surface area contributed by atoms with Crippen molar-refractivity contribution in [2.75, 3.05) is 0 Å². The maximum Gasteiger partial charge on any atom is 0.0851 e. The van der Waals surface area contributed by atoms with Crippen LogP contribution in [0.5, 0.6) is 0 Å². The maximum absolute atomic E-state index is 9.95. The topological polar surface area (TPSA) is 40.5 Å². The zero-order valence-corrected chi connectivity index (χ0v) is 11.1. The van der Waals surface area contributed by atoms with Crippen LogP contribution in [0.25, 0.3) is 0 Å². The predicted octanol–water partition coefficient (Wildman–Crippen LogP) is 2.90. The fraction of sp³-hybridized carbons (Fsp3) is 0.500. The number of halogens is 1. The third-order valence-electron chi connectivity index (χ3n) is 2.33. The molecule has 0 heterocycles. The van der Waals surface area contributed by atoms with Gasteiger partial charge in [-0.05, 0) is 51.0 Å². The van der Waals surface area contributed by atoms with Gasteiger partial charge in [0.1, 0.15) is 0 Å². The summed E-state index contributed by atoms with van der Waals surface area (Å²) in [6.45, 7) is 6.90. The number of rotatable bonds is 2. The van der Waals surface area contributed by atoms with Crippen molar-refractivity contribution < 1.29 is 10.2 Å². The number of aliphatic hydroxyl groups is 2. The Morgan fingerprint density at radius 1 is 1.00 bits per heavy atom. The normalized spacial score (nSPS) is 13.0. The van der Waals surface area contributed by atoms with E-state index in [9.17, 15) is 10.2 Å². The van der Waals surface area contributed by atoms with Crippen LogP contribution in [0.3, 0.4) is 0 Å². The molecule has 84 valence electrons. The fourth-order valence-electron chi connectivity index (χ4n) is 1.37. The van der Waals surface area contributed by atoms with Gasteiger partial charge >= 0.3 is 0 Å². The van der Waals surface area contributed by atoms with Gasteiger partial charge in [0.2, 0.25) is 0 Å². The van der Waals surface area contributed by atoms with Crippen molar-refractivity contribution in [3.63, 3.8) is 0 Å². The van der Waals surface area contributed by atoms with Crippen molar-refractivity contribution in [1.82, 2.24) is 0 Å². The Bertz CT molecular complexity index is 359. The molecular formula is C12H17BrO2. The van der Waals surface area contributed by atoms with E-state index in [4.69, 9.17) is 0 Å². The van der Waals surface area contributed by atoms with Crippen LogP contribution in [0.15, 0.2) is 22.7 Å². The van der Waals surface area contributed by atoms with E-state index in [0.29, 0.717) is 0 Å². The van der Waals surface area contributed by atoms with E-state index in [2.05, 4.69) is 15.9 Å². The second kappa shape index (κ2) is 3.89.